The minimum Gasteiger partial charge on any atom is -0.870 e. The van der Waals surface area contributed by atoms with Crippen molar-refractivity contribution in [2.24, 2.45) is 0 Å². The van der Waals surface area contributed by atoms with Gasteiger partial charge in [-0.15, -0.1) is 0 Å². The van der Waals surface area contributed by atoms with Gasteiger partial charge in [-0.05, 0) is 0 Å². The van der Waals surface area contributed by atoms with E-state index < -0.39 is 0 Å². The summed E-state index contributed by atoms with van der Waals surface area (Å²) in [5, 5.41) is 0. The van der Waals surface area contributed by atoms with Crippen LogP contribution in [0.25, 0.3) is 0 Å². The normalized spacial score (nSPS) is 0. The van der Waals surface area contributed by atoms with E-state index in [4.69, 9.17) is 0 Å². The van der Waals surface area contributed by atoms with Crippen LogP contribution in [0.1, 0.15) is 0 Å². The van der Waals surface area contributed by atoms with E-state index in [-0.39, 0.29) is 165 Å². The molecule has 0 spiro atoms. The summed E-state index contributed by atoms with van der Waals surface area (Å²) in [7, 11) is 0. The zero-order valence-electron chi connectivity index (χ0n) is 4.20. The Kier molecular flexibility index (Phi) is 633. The molecule has 0 fully saturated rings. The van der Waals surface area contributed by atoms with E-state index in [2.05, 4.69) is 0 Å². The molecule has 0 atom stereocenters. The van der Waals surface area contributed by atoms with E-state index in [0.29, 0.717) is 0 Å². The van der Waals surface area contributed by atoms with Crippen molar-refractivity contribution >= 4 is 122 Å². The van der Waals surface area contributed by atoms with Gasteiger partial charge >= 0.3 is 94.4 Å². The van der Waals surface area contributed by atoms with Crippen molar-refractivity contribution < 1.29 is 43.6 Å². The first-order valence-corrected chi connectivity index (χ1v) is 0. The van der Waals surface area contributed by atoms with Gasteiger partial charge in [0.05, 0.1) is 0 Å². The summed E-state index contributed by atoms with van der Waals surface area (Å²) in [5.74, 6) is 0. The molecule has 8 heavy (non-hydrogen) atoms. The Morgan fingerprint density at radius 3 is 0.625 bits per heavy atom. The fourth-order valence-corrected chi connectivity index (χ4v) is 0. The van der Waals surface area contributed by atoms with Gasteiger partial charge in [0.25, 0.3) is 0 Å². The molecule has 0 saturated heterocycles. The fourth-order valence-electron chi connectivity index (χ4n) is 0. The van der Waals surface area contributed by atoms with Gasteiger partial charge in [0.1, 0.15) is 0 Å². The second kappa shape index (κ2) is 62.3. The van der Waals surface area contributed by atoms with Crippen LogP contribution in [0.5, 0.6) is 0 Å². The van der Waals surface area contributed by atoms with Crippen LogP contribution in [-0.4, -0.2) is 144 Å². The van der Waals surface area contributed by atoms with Crippen LogP contribution in [0, 0.1) is 0 Å². The predicted octanol–water partition coefficient (Wildman–Crippen LogP) is -1.85. The maximum Gasteiger partial charge on any atom is 2.00 e. The zero-order valence-corrected chi connectivity index (χ0v) is 17.6. The summed E-state index contributed by atoms with van der Waals surface area (Å²) in [5.41, 5.74) is 0. The maximum atomic E-state index is 0. The number of rotatable bonds is 0. The quantitative estimate of drug-likeness (QED) is 0.331. The van der Waals surface area contributed by atoms with Crippen LogP contribution in [-0.2, 0) is 21.7 Å². The molecule has 4 radical (unpaired) electrons. The van der Waals surface area contributed by atoms with Crippen molar-refractivity contribution in [2.45, 2.75) is 0 Å². The molecule has 4 N–H and O–H groups in total. The van der Waals surface area contributed by atoms with Crippen LogP contribution in [0.2, 0.25) is 0 Å². The van der Waals surface area contributed by atoms with E-state index in [1.165, 1.54) is 0 Å². The molecule has 8 heteroatoms. The van der Waals surface area contributed by atoms with Crippen molar-refractivity contribution in [2.75, 3.05) is 0 Å². The van der Waals surface area contributed by atoms with Crippen molar-refractivity contribution in [1.29, 1.82) is 0 Å². The first-order valence-electron chi connectivity index (χ1n) is 0. The van der Waals surface area contributed by atoms with Gasteiger partial charge in [-0.3, -0.25) is 0 Å². The second-order valence-electron chi connectivity index (χ2n) is 0. The summed E-state index contributed by atoms with van der Waals surface area (Å²) in [6, 6.07) is 0. The molecule has 0 aromatic heterocycles. The van der Waals surface area contributed by atoms with Gasteiger partial charge in [0.15, 0.2) is 0 Å². The van der Waals surface area contributed by atoms with Crippen LogP contribution in [0.4, 0.5) is 0 Å². The minimum absolute atomic E-state index is 0. The summed E-state index contributed by atoms with van der Waals surface area (Å²) in [6.45, 7) is 0. The monoisotopic (exact) mass is 550 g/mol. The van der Waals surface area contributed by atoms with Gasteiger partial charge in [-0.25, -0.2) is 0 Å². The average molecular weight is 548 g/mol. The number of hydrogen-bond acceptors (Lipinski definition) is 4. The molecule has 40 valence electrons. The van der Waals surface area contributed by atoms with Crippen LogP contribution in [0.15, 0.2) is 0 Å². The Hall–Kier alpha value is 4.53. The van der Waals surface area contributed by atoms with E-state index in [1.54, 1.807) is 0 Å². The SMILES string of the molecule is [Ba+2].[OH-].[OH-].[OH-].[OH-].[Pb].[Sr+2].[Ti]. The topological polar surface area (TPSA) is 120 Å². The molecule has 0 aliphatic carbocycles. The van der Waals surface area contributed by atoms with Crippen molar-refractivity contribution in [3.05, 3.63) is 0 Å². The molecule has 0 aromatic carbocycles. The van der Waals surface area contributed by atoms with Gasteiger partial charge in [0.2, 0.25) is 0 Å². The summed E-state index contributed by atoms with van der Waals surface area (Å²) in [4.78, 5) is 0. The van der Waals surface area contributed by atoms with Gasteiger partial charge in [-0.2, -0.15) is 0 Å². The molecule has 0 bridgehead atoms. The summed E-state index contributed by atoms with van der Waals surface area (Å²) >= 11 is 0. The maximum absolute atomic E-state index is 0. The molecule has 4 nitrogen and oxygen atoms in total. The Morgan fingerprint density at radius 2 is 0.625 bits per heavy atom. The Labute approximate surface area is 161 Å². The summed E-state index contributed by atoms with van der Waals surface area (Å²) < 4.78 is 0. The van der Waals surface area contributed by atoms with Gasteiger partial charge in [-0.1, -0.05) is 0 Å². The fraction of sp³-hybridized carbons (Fsp3) is 0. The molecule has 0 aliphatic heterocycles. The predicted molar refractivity (Wildman–Crippen MR) is 25.0 cm³/mol. The third kappa shape index (κ3) is 46.6. The molecule has 0 aromatic rings. The summed E-state index contributed by atoms with van der Waals surface area (Å²) in [6.07, 6.45) is 0. The largest absolute Gasteiger partial charge is 2.00 e. The third-order valence-electron chi connectivity index (χ3n) is 0. The first-order chi connectivity index (χ1) is 0. The molecule has 0 aliphatic rings. The van der Waals surface area contributed by atoms with Crippen molar-refractivity contribution in [3.63, 3.8) is 0 Å². The number of hydrogen-bond donors (Lipinski definition) is 0. The Morgan fingerprint density at radius 1 is 0.625 bits per heavy atom. The molecule has 0 amide bonds. The molecule has 0 heterocycles. The van der Waals surface area contributed by atoms with Crippen molar-refractivity contribution in [1.82, 2.24) is 0 Å². The molecular formula is H4BaO4PbSrTi. The van der Waals surface area contributed by atoms with Gasteiger partial charge < -0.3 is 21.9 Å². The average Bonchev–Trinajstić information content (AvgIpc) is 0. The first kappa shape index (κ1) is 81.2. The standard InChI is InChI=1S/Ba.4H2O.Pb.Sr.Ti/h;4*1H2;;;/q+2;;;;;;+2;/p-4. The van der Waals surface area contributed by atoms with Crippen LogP contribution in [0.3, 0.4) is 0 Å². The van der Waals surface area contributed by atoms with E-state index in [0.717, 1.165) is 0 Å². The van der Waals surface area contributed by atoms with E-state index in [1.807, 2.05) is 0 Å². The zero-order chi connectivity index (χ0) is 0. The minimum atomic E-state index is 0. The Balaban J connectivity index is 0. The second-order valence-corrected chi connectivity index (χ2v) is 0. The Bertz CT molecular complexity index is 16.0. The van der Waals surface area contributed by atoms with E-state index >= 15 is 0 Å². The molecular weight excluding hydrogens is 544 g/mol. The van der Waals surface area contributed by atoms with Crippen molar-refractivity contribution in [3.8, 4) is 0 Å². The molecule has 0 saturated carbocycles. The third-order valence-corrected chi connectivity index (χ3v) is 0. The molecule has 0 rings (SSSR count). The van der Waals surface area contributed by atoms with Gasteiger partial charge in [0, 0.05) is 49.0 Å². The van der Waals surface area contributed by atoms with Crippen LogP contribution >= 0.6 is 0 Å². The molecule has 0 unspecified atom stereocenters. The van der Waals surface area contributed by atoms with E-state index in [9.17, 15) is 0 Å². The van der Waals surface area contributed by atoms with Crippen LogP contribution < -0.4 is 0 Å². The smallest absolute Gasteiger partial charge is 0.870 e.